The lowest BCUT2D eigenvalue weighted by Crippen LogP contribution is -2.53. The quantitative estimate of drug-likeness (QED) is 0.928. The predicted molar refractivity (Wildman–Crippen MR) is 90.2 cm³/mol. The number of amides is 1. The molecule has 2 rings (SSSR count). The fourth-order valence-corrected chi connectivity index (χ4v) is 3.06. The molecule has 1 N–H and O–H groups in total. The molecule has 22 heavy (non-hydrogen) atoms. The second kappa shape index (κ2) is 6.80. The summed E-state index contributed by atoms with van der Waals surface area (Å²) in [6, 6.07) is 8.08. The number of nitrogens with one attached hydrogen (secondary N) is 1. The average Bonchev–Trinajstić information content (AvgIpc) is 2.36. The number of morpholine rings is 1. The Morgan fingerprint density at radius 1 is 1.36 bits per heavy atom. The van der Waals surface area contributed by atoms with Crippen LogP contribution in [-0.2, 0) is 9.53 Å². The first-order valence-electron chi connectivity index (χ1n) is 8.05. The molecule has 1 amide bonds. The summed E-state index contributed by atoms with van der Waals surface area (Å²) in [6.07, 6.45) is 0.155. The molecule has 0 spiro atoms. The van der Waals surface area contributed by atoms with Gasteiger partial charge in [-0.15, -0.1) is 0 Å². The van der Waals surface area contributed by atoms with E-state index in [1.807, 2.05) is 12.1 Å². The molecule has 1 unspecified atom stereocenters. The summed E-state index contributed by atoms with van der Waals surface area (Å²) in [5.41, 5.74) is 1.94. The molecule has 0 aliphatic carbocycles. The number of hydrogen-bond acceptors (Lipinski definition) is 3. The van der Waals surface area contributed by atoms with Crippen LogP contribution in [0.2, 0.25) is 0 Å². The summed E-state index contributed by atoms with van der Waals surface area (Å²) >= 11 is 0. The zero-order valence-corrected chi connectivity index (χ0v) is 14.3. The zero-order valence-electron chi connectivity index (χ0n) is 14.3. The van der Waals surface area contributed by atoms with Crippen LogP contribution in [0.1, 0.15) is 46.1 Å². The van der Waals surface area contributed by atoms with Gasteiger partial charge in [0.25, 0.3) is 0 Å². The number of ether oxygens (including phenoxy) is 1. The summed E-state index contributed by atoms with van der Waals surface area (Å²) in [4.78, 5) is 14.4. The van der Waals surface area contributed by atoms with Gasteiger partial charge >= 0.3 is 0 Å². The van der Waals surface area contributed by atoms with Crippen LogP contribution < -0.4 is 5.32 Å². The van der Waals surface area contributed by atoms with Crippen LogP contribution in [0.15, 0.2) is 24.3 Å². The fourth-order valence-electron chi connectivity index (χ4n) is 3.06. The molecule has 1 saturated heterocycles. The largest absolute Gasteiger partial charge is 0.370 e. The van der Waals surface area contributed by atoms with Crippen molar-refractivity contribution in [2.24, 2.45) is 0 Å². The third kappa shape index (κ3) is 4.82. The number of anilines is 1. The predicted octanol–water partition coefficient (Wildman–Crippen LogP) is 3.25. The molecule has 0 aromatic heterocycles. The highest BCUT2D eigenvalue weighted by Crippen LogP contribution is 2.21. The highest BCUT2D eigenvalue weighted by atomic mass is 16.5. The molecule has 4 nitrogen and oxygen atoms in total. The van der Waals surface area contributed by atoms with Crippen molar-refractivity contribution in [1.82, 2.24) is 4.90 Å². The lowest BCUT2D eigenvalue weighted by atomic mass is 10.0. The van der Waals surface area contributed by atoms with Gasteiger partial charge in [-0.25, -0.2) is 0 Å². The van der Waals surface area contributed by atoms with Crippen LogP contribution in [-0.4, -0.2) is 42.1 Å². The van der Waals surface area contributed by atoms with E-state index in [1.165, 1.54) is 5.56 Å². The normalized spacial score (nSPS) is 21.8. The molecule has 0 radical (unpaired) electrons. The van der Waals surface area contributed by atoms with Crippen molar-refractivity contribution in [3.8, 4) is 0 Å². The molecule has 1 heterocycles. The van der Waals surface area contributed by atoms with Crippen LogP contribution in [0.3, 0.4) is 0 Å². The maximum atomic E-state index is 12.2. The van der Waals surface area contributed by atoms with Crippen LogP contribution in [0.5, 0.6) is 0 Å². The third-order valence-corrected chi connectivity index (χ3v) is 3.87. The molecule has 1 aliphatic rings. The smallest absolute Gasteiger partial charge is 0.238 e. The van der Waals surface area contributed by atoms with E-state index < -0.39 is 0 Å². The summed E-state index contributed by atoms with van der Waals surface area (Å²) in [5.74, 6) is 0.531. The SMILES string of the molecule is CC1CN(CC(=O)Nc2ccc(C(C)C)cc2)CC(C)(C)O1. The Morgan fingerprint density at radius 2 is 2.00 bits per heavy atom. The summed E-state index contributed by atoms with van der Waals surface area (Å²) < 4.78 is 5.87. The summed E-state index contributed by atoms with van der Waals surface area (Å²) in [7, 11) is 0. The highest BCUT2D eigenvalue weighted by Gasteiger charge is 2.31. The summed E-state index contributed by atoms with van der Waals surface area (Å²) in [6.45, 7) is 12.5. The molecular weight excluding hydrogens is 276 g/mol. The van der Waals surface area contributed by atoms with Gasteiger partial charge in [-0.2, -0.15) is 0 Å². The molecular formula is C18H28N2O2. The van der Waals surface area contributed by atoms with E-state index in [0.29, 0.717) is 12.5 Å². The minimum Gasteiger partial charge on any atom is -0.370 e. The lowest BCUT2D eigenvalue weighted by Gasteiger charge is -2.41. The van der Waals surface area contributed by atoms with Gasteiger partial charge in [0.15, 0.2) is 0 Å². The van der Waals surface area contributed by atoms with Crippen LogP contribution >= 0.6 is 0 Å². The Morgan fingerprint density at radius 3 is 2.55 bits per heavy atom. The molecule has 0 bridgehead atoms. The van der Waals surface area contributed by atoms with Gasteiger partial charge in [-0.1, -0.05) is 26.0 Å². The van der Waals surface area contributed by atoms with E-state index in [1.54, 1.807) is 0 Å². The monoisotopic (exact) mass is 304 g/mol. The van der Waals surface area contributed by atoms with E-state index in [-0.39, 0.29) is 17.6 Å². The lowest BCUT2D eigenvalue weighted by molar-refractivity contribution is -0.136. The van der Waals surface area contributed by atoms with E-state index in [2.05, 4.69) is 57.0 Å². The van der Waals surface area contributed by atoms with Gasteiger partial charge in [-0.3, -0.25) is 9.69 Å². The zero-order chi connectivity index (χ0) is 16.3. The molecule has 122 valence electrons. The molecule has 4 heteroatoms. The molecule has 1 aliphatic heterocycles. The van der Waals surface area contributed by atoms with Gasteiger partial charge in [-0.05, 0) is 44.4 Å². The average molecular weight is 304 g/mol. The number of rotatable bonds is 4. The Kier molecular flexibility index (Phi) is 5.24. The number of nitrogens with zero attached hydrogens (tertiary/aromatic N) is 1. The van der Waals surface area contributed by atoms with Crippen LogP contribution in [0.4, 0.5) is 5.69 Å². The van der Waals surface area contributed by atoms with Gasteiger partial charge in [0.2, 0.25) is 5.91 Å². The first-order valence-corrected chi connectivity index (χ1v) is 8.05. The van der Waals surface area contributed by atoms with Gasteiger partial charge < -0.3 is 10.1 Å². The van der Waals surface area contributed by atoms with Crippen LogP contribution in [0.25, 0.3) is 0 Å². The van der Waals surface area contributed by atoms with Crippen molar-refractivity contribution < 1.29 is 9.53 Å². The van der Waals surface area contributed by atoms with E-state index in [9.17, 15) is 4.79 Å². The van der Waals surface area contributed by atoms with Crippen molar-refractivity contribution in [2.75, 3.05) is 25.0 Å². The van der Waals surface area contributed by atoms with E-state index >= 15 is 0 Å². The second-order valence-corrected chi connectivity index (χ2v) is 7.18. The molecule has 1 aromatic carbocycles. The molecule has 1 atom stereocenters. The van der Waals surface area contributed by atoms with Crippen LogP contribution in [0, 0.1) is 0 Å². The molecule has 1 fully saturated rings. The van der Waals surface area contributed by atoms with Crippen molar-refractivity contribution in [2.45, 2.75) is 52.2 Å². The maximum Gasteiger partial charge on any atom is 0.238 e. The standard InChI is InChI=1S/C18H28N2O2/c1-13(2)15-6-8-16(9-7-15)19-17(21)11-20-10-14(3)22-18(4,5)12-20/h6-9,13-14H,10-12H2,1-5H3,(H,19,21). The first kappa shape index (κ1) is 17.0. The van der Waals surface area contributed by atoms with Gasteiger partial charge in [0.05, 0.1) is 18.2 Å². The highest BCUT2D eigenvalue weighted by molar-refractivity contribution is 5.92. The third-order valence-electron chi connectivity index (χ3n) is 3.87. The van der Waals surface area contributed by atoms with Crippen molar-refractivity contribution in [3.63, 3.8) is 0 Å². The fraction of sp³-hybridized carbons (Fsp3) is 0.611. The topological polar surface area (TPSA) is 41.6 Å². The van der Waals surface area contributed by atoms with E-state index in [4.69, 9.17) is 4.74 Å². The van der Waals surface area contributed by atoms with E-state index in [0.717, 1.165) is 18.8 Å². The maximum absolute atomic E-state index is 12.2. The minimum atomic E-state index is -0.198. The van der Waals surface area contributed by atoms with Crippen molar-refractivity contribution in [3.05, 3.63) is 29.8 Å². The Balaban J connectivity index is 1.90. The van der Waals surface area contributed by atoms with Gasteiger partial charge in [0, 0.05) is 18.8 Å². The molecule has 0 saturated carbocycles. The van der Waals surface area contributed by atoms with Crippen molar-refractivity contribution in [1.29, 1.82) is 0 Å². The number of carbonyl (C=O) groups excluding carboxylic acids is 1. The Hall–Kier alpha value is -1.39. The summed E-state index contributed by atoms with van der Waals surface area (Å²) in [5, 5.41) is 2.98. The van der Waals surface area contributed by atoms with Gasteiger partial charge in [0.1, 0.15) is 0 Å². The number of hydrogen-bond donors (Lipinski definition) is 1. The first-order chi connectivity index (χ1) is 10.2. The second-order valence-electron chi connectivity index (χ2n) is 7.18. The Labute approximate surface area is 133 Å². The minimum absolute atomic E-state index is 0.0298. The van der Waals surface area contributed by atoms with Crippen molar-refractivity contribution >= 4 is 11.6 Å². The Bertz CT molecular complexity index is 508. The number of benzene rings is 1. The number of carbonyl (C=O) groups is 1. The molecule has 1 aromatic rings.